The van der Waals surface area contributed by atoms with Crippen LogP contribution in [0.2, 0.25) is 0 Å². The summed E-state index contributed by atoms with van der Waals surface area (Å²) in [6.45, 7) is -0.0278. The summed E-state index contributed by atoms with van der Waals surface area (Å²) in [6.07, 6.45) is 0.0658. The third-order valence-corrected chi connectivity index (χ3v) is 7.42. The number of hydrogen-bond donors (Lipinski definition) is 1. The Labute approximate surface area is 222 Å². The molecule has 1 N–H and O–H groups in total. The summed E-state index contributed by atoms with van der Waals surface area (Å²) in [5, 5.41) is 10.5. The lowest BCUT2D eigenvalue weighted by atomic mass is 9.74. The van der Waals surface area contributed by atoms with Gasteiger partial charge in [-0.05, 0) is 57.0 Å². The summed E-state index contributed by atoms with van der Waals surface area (Å²) in [7, 11) is 1.47. The van der Waals surface area contributed by atoms with E-state index in [9.17, 15) is 27.5 Å². The van der Waals surface area contributed by atoms with Crippen LogP contribution in [0.15, 0.2) is 36.5 Å². The topological polar surface area (TPSA) is 71.9 Å². The molecule has 39 heavy (non-hydrogen) atoms. The van der Waals surface area contributed by atoms with Crippen LogP contribution in [0.5, 0.6) is 11.5 Å². The molecule has 0 radical (unpaired) electrons. The van der Waals surface area contributed by atoms with Crippen molar-refractivity contribution in [2.24, 2.45) is 5.41 Å². The van der Waals surface area contributed by atoms with Crippen LogP contribution in [-0.2, 0) is 11.5 Å². The van der Waals surface area contributed by atoms with Gasteiger partial charge in [0.1, 0.15) is 31.0 Å². The highest BCUT2D eigenvalue weighted by Gasteiger charge is 2.42. The van der Waals surface area contributed by atoms with E-state index in [2.05, 4.69) is 4.98 Å². The molecule has 1 atom stereocenters. The van der Waals surface area contributed by atoms with Gasteiger partial charge in [0.2, 0.25) is 0 Å². The van der Waals surface area contributed by atoms with Gasteiger partial charge in [0.05, 0.1) is 18.0 Å². The van der Waals surface area contributed by atoms with Crippen LogP contribution in [0.1, 0.15) is 43.0 Å². The van der Waals surface area contributed by atoms with Gasteiger partial charge in [-0.25, -0.2) is 22.0 Å². The van der Waals surface area contributed by atoms with E-state index in [0.29, 0.717) is 41.9 Å². The first-order chi connectivity index (χ1) is 18.7. The fraction of sp³-hybridized carbons (Fsp3) is 0.429. The number of halogens is 5. The van der Waals surface area contributed by atoms with Crippen molar-refractivity contribution in [3.63, 3.8) is 0 Å². The highest BCUT2D eigenvalue weighted by molar-refractivity contribution is 5.85. The first-order valence-corrected chi connectivity index (χ1v) is 12.6. The van der Waals surface area contributed by atoms with Gasteiger partial charge in [-0.3, -0.25) is 14.7 Å². The first-order valence-electron chi connectivity index (χ1n) is 12.6. The monoisotopic (exact) mass is 552 g/mol. The van der Waals surface area contributed by atoms with Gasteiger partial charge >= 0.3 is 5.97 Å². The minimum Gasteiger partial charge on any atom is -0.497 e. The zero-order valence-electron chi connectivity index (χ0n) is 21.4. The highest BCUT2D eigenvalue weighted by atomic mass is 19.2. The van der Waals surface area contributed by atoms with Crippen LogP contribution in [0.25, 0.3) is 10.9 Å². The number of carboxylic acid groups (broad SMARTS) is 1. The van der Waals surface area contributed by atoms with Crippen LogP contribution in [-0.4, -0.2) is 54.3 Å². The Morgan fingerprint density at radius 1 is 1.15 bits per heavy atom. The standard InChI is InChI=1S/C28H29F5N2O4/c1-38-19-2-3-24-20(14-19)25(17(15-29)16-34-24)21(31)4-5-28(27(36)37)6-8-35(9-7-28)10-11-39-26-22(32)12-18(30)13-23(26)33/h2-3,12-14,16,21H,4-11,15H2,1H3,(H,36,37)/t21-/m0/s1. The summed E-state index contributed by atoms with van der Waals surface area (Å²) < 4.78 is 80.4. The van der Waals surface area contributed by atoms with Crippen LogP contribution in [0.3, 0.4) is 0 Å². The predicted octanol–water partition coefficient (Wildman–Crippen LogP) is 6.17. The number of aromatic nitrogens is 1. The number of pyridine rings is 1. The van der Waals surface area contributed by atoms with E-state index >= 15 is 4.39 Å². The Balaban J connectivity index is 1.39. The van der Waals surface area contributed by atoms with E-state index in [1.807, 2.05) is 4.90 Å². The summed E-state index contributed by atoms with van der Waals surface area (Å²) in [6, 6.07) is 5.98. The van der Waals surface area contributed by atoms with E-state index < -0.39 is 47.4 Å². The van der Waals surface area contributed by atoms with Crippen LogP contribution >= 0.6 is 0 Å². The van der Waals surface area contributed by atoms with E-state index in [-0.39, 0.29) is 50.0 Å². The van der Waals surface area contributed by atoms with Crippen LogP contribution in [0, 0.1) is 22.9 Å². The molecule has 0 saturated carbocycles. The maximum atomic E-state index is 15.7. The Morgan fingerprint density at radius 3 is 2.46 bits per heavy atom. The fourth-order valence-electron chi connectivity index (χ4n) is 5.10. The molecule has 11 heteroatoms. The van der Waals surface area contributed by atoms with Crippen molar-refractivity contribution in [3.8, 4) is 11.5 Å². The number of methoxy groups -OCH3 is 1. The molecule has 0 amide bonds. The molecule has 4 rings (SSSR count). The zero-order chi connectivity index (χ0) is 28.2. The number of aliphatic carboxylic acids is 1. The second-order valence-corrected chi connectivity index (χ2v) is 9.69. The highest BCUT2D eigenvalue weighted by Crippen LogP contribution is 2.41. The van der Waals surface area contributed by atoms with Gasteiger partial charge in [-0.15, -0.1) is 0 Å². The lowest BCUT2D eigenvalue weighted by Crippen LogP contribution is -2.45. The molecule has 0 bridgehead atoms. The van der Waals surface area contributed by atoms with Crippen molar-refractivity contribution in [2.45, 2.75) is 38.5 Å². The van der Waals surface area contributed by atoms with Gasteiger partial charge < -0.3 is 14.6 Å². The van der Waals surface area contributed by atoms with E-state index in [1.54, 1.807) is 18.2 Å². The van der Waals surface area contributed by atoms with Crippen molar-refractivity contribution >= 4 is 16.9 Å². The number of hydrogen-bond acceptors (Lipinski definition) is 5. The number of nitrogens with zero attached hydrogens (tertiary/aromatic N) is 2. The maximum Gasteiger partial charge on any atom is 0.309 e. The Morgan fingerprint density at radius 2 is 1.85 bits per heavy atom. The smallest absolute Gasteiger partial charge is 0.309 e. The predicted molar refractivity (Wildman–Crippen MR) is 134 cm³/mol. The number of rotatable bonds is 11. The summed E-state index contributed by atoms with van der Waals surface area (Å²) in [5.74, 6) is -4.57. The van der Waals surface area contributed by atoms with Crippen molar-refractivity contribution in [1.29, 1.82) is 0 Å². The number of carboxylic acids is 1. The third kappa shape index (κ3) is 6.24. The molecule has 2 aromatic carbocycles. The number of piperidine rings is 1. The molecular weight excluding hydrogens is 523 g/mol. The quantitative estimate of drug-likeness (QED) is 0.287. The van der Waals surface area contributed by atoms with Crippen LogP contribution < -0.4 is 9.47 Å². The van der Waals surface area contributed by atoms with Crippen LogP contribution in [0.4, 0.5) is 22.0 Å². The minimum absolute atomic E-state index is 0.0410. The lowest BCUT2D eigenvalue weighted by Gasteiger charge is -2.39. The molecule has 0 spiro atoms. The molecule has 210 valence electrons. The molecule has 1 saturated heterocycles. The molecule has 1 aliphatic rings. The Hall–Kier alpha value is -3.47. The number of fused-ring (bicyclic) bond motifs is 1. The molecule has 0 aliphatic carbocycles. The van der Waals surface area contributed by atoms with Gasteiger partial charge in [0.15, 0.2) is 17.4 Å². The van der Waals surface area contributed by atoms with Gasteiger partial charge in [-0.2, -0.15) is 0 Å². The van der Waals surface area contributed by atoms with Crippen molar-refractivity contribution in [1.82, 2.24) is 9.88 Å². The second-order valence-electron chi connectivity index (χ2n) is 9.69. The van der Waals surface area contributed by atoms with Crippen molar-refractivity contribution < 1.29 is 41.3 Å². The second kappa shape index (κ2) is 12.1. The third-order valence-electron chi connectivity index (χ3n) is 7.42. The first kappa shape index (κ1) is 28.5. The Kier molecular flexibility index (Phi) is 8.89. The van der Waals surface area contributed by atoms with Gasteiger partial charge in [0.25, 0.3) is 0 Å². The molecule has 1 fully saturated rings. The molecule has 0 unspecified atom stereocenters. The molecule has 2 heterocycles. The normalized spacial score (nSPS) is 16.3. The number of benzene rings is 2. The zero-order valence-corrected chi connectivity index (χ0v) is 21.4. The average molecular weight is 553 g/mol. The average Bonchev–Trinajstić information content (AvgIpc) is 2.92. The molecule has 1 aliphatic heterocycles. The molecule has 1 aromatic heterocycles. The maximum absolute atomic E-state index is 15.7. The summed E-state index contributed by atoms with van der Waals surface area (Å²) >= 11 is 0. The number of carbonyl (C=O) groups is 1. The van der Waals surface area contributed by atoms with Crippen molar-refractivity contribution in [2.75, 3.05) is 33.4 Å². The number of alkyl halides is 2. The van der Waals surface area contributed by atoms with E-state index in [1.165, 1.54) is 13.3 Å². The summed E-state index contributed by atoms with van der Waals surface area (Å²) in [5.41, 5.74) is -0.435. The molecule has 3 aromatic rings. The number of likely N-dealkylation sites (tertiary alicyclic amines) is 1. The fourth-order valence-corrected chi connectivity index (χ4v) is 5.10. The molecule has 6 nitrogen and oxygen atoms in total. The lowest BCUT2D eigenvalue weighted by molar-refractivity contribution is -0.153. The summed E-state index contributed by atoms with van der Waals surface area (Å²) in [4.78, 5) is 18.4. The Bertz CT molecular complexity index is 1300. The van der Waals surface area contributed by atoms with Gasteiger partial charge in [0, 0.05) is 41.4 Å². The number of ether oxygens (including phenoxy) is 2. The largest absolute Gasteiger partial charge is 0.497 e. The van der Waals surface area contributed by atoms with E-state index in [4.69, 9.17) is 9.47 Å². The SMILES string of the molecule is COc1ccc2ncc(CF)c([C@@H](F)CCC3(C(=O)O)CCN(CCOc4c(F)cc(F)cc4F)CC3)c2c1. The minimum atomic E-state index is -1.61. The van der Waals surface area contributed by atoms with E-state index in [0.717, 1.165) is 0 Å². The molecular formula is C28H29F5N2O4. The van der Waals surface area contributed by atoms with Gasteiger partial charge in [-0.1, -0.05) is 0 Å². The van der Waals surface area contributed by atoms with Crippen molar-refractivity contribution in [3.05, 3.63) is 65.1 Å².